The van der Waals surface area contributed by atoms with Crippen molar-refractivity contribution in [3.63, 3.8) is 0 Å². The lowest BCUT2D eigenvalue weighted by atomic mass is 9.75. The van der Waals surface area contributed by atoms with Crippen LogP contribution >= 0.6 is 0 Å². The first-order valence-electron chi connectivity index (χ1n) is 15.1. The molecule has 0 bridgehead atoms. The molecule has 1 heterocycles. The Morgan fingerprint density at radius 3 is 2.58 bits per heavy atom. The van der Waals surface area contributed by atoms with E-state index in [1.165, 1.54) is 0 Å². The predicted octanol–water partition coefficient (Wildman–Crippen LogP) is 8.56. The predicted molar refractivity (Wildman–Crippen MR) is 168 cm³/mol. The number of nitrogens with zero attached hydrogens (tertiary/aromatic N) is 1. The van der Waals surface area contributed by atoms with E-state index < -0.39 is 6.86 Å². The number of alkyl halides is 1. The molecule has 4 aromatic rings. The Labute approximate surface area is 252 Å². The van der Waals surface area contributed by atoms with Gasteiger partial charge in [-0.3, -0.25) is 9.59 Å². The molecule has 1 saturated carbocycles. The van der Waals surface area contributed by atoms with Gasteiger partial charge >= 0.3 is 5.97 Å². The average molecular weight is 580 g/mol. The maximum atomic E-state index is 13.5. The van der Waals surface area contributed by atoms with E-state index in [0.717, 1.165) is 49.8 Å². The van der Waals surface area contributed by atoms with E-state index in [1.54, 1.807) is 6.07 Å². The maximum Gasteiger partial charge on any atom is 0.310 e. The number of ether oxygens (including phenoxy) is 2. The quantitative estimate of drug-likeness (QED) is 0.196. The standard InChI is InChI=1S/C37H38FNO4/c1-6-39-33-19-28(22(2)16-32(33)37(4,5)20-35(39)40)30-17-25(14-15-34(30)42-21-38)29-18-31(29)36(41)43-23(3)26-13-9-11-24-10-7-8-12-27(24)26/h7-17,19,23,29,31H,6,18,20-21H2,1-5H3/t23-,29+,31-/m1/s1. The number of benzene rings is 4. The van der Waals surface area contributed by atoms with Gasteiger partial charge in [0.15, 0.2) is 0 Å². The van der Waals surface area contributed by atoms with Gasteiger partial charge in [0.1, 0.15) is 11.9 Å². The molecule has 5 nitrogen and oxygen atoms in total. The van der Waals surface area contributed by atoms with E-state index in [1.807, 2.05) is 68.1 Å². The molecule has 2 aliphatic rings. The summed E-state index contributed by atoms with van der Waals surface area (Å²) in [4.78, 5) is 28.1. The Morgan fingerprint density at radius 2 is 1.81 bits per heavy atom. The molecule has 0 aromatic heterocycles. The van der Waals surface area contributed by atoms with Crippen LogP contribution in [0.1, 0.15) is 74.8 Å². The van der Waals surface area contributed by atoms with Crippen molar-refractivity contribution in [1.29, 1.82) is 0 Å². The van der Waals surface area contributed by atoms with Gasteiger partial charge in [-0.25, -0.2) is 4.39 Å². The van der Waals surface area contributed by atoms with E-state index in [9.17, 15) is 14.0 Å². The van der Waals surface area contributed by atoms with Crippen LogP contribution in [0.2, 0.25) is 0 Å². The summed E-state index contributed by atoms with van der Waals surface area (Å²) in [7, 11) is 0. The third kappa shape index (κ3) is 5.28. The second kappa shape index (κ2) is 11.1. The van der Waals surface area contributed by atoms with Crippen LogP contribution in [0.3, 0.4) is 0 Å². The molecule has 43 heavy (non-hydrogen) atoms. The van der Waals surface area contributed by atoms with Crippen LogP contribution in [0.4, 0.5) is 10.1 Å². The number of amides is 1. The molecule has 1 fully saturated rings. The molecular weight excluding hydrogens is 541 g/mol. The Balaban J connectivity index is 1.29. The first kappa shape index (κ1) is 28.9. The van der Waals surface area contributed by atoms with E-state index in [0.29, 0.717) is 25.1 Å². The zero-order chi connectivity index (χ0) is 30.5. The number of carbonyl (C=O) groups is 2. The van der Waals surface area contributed by atoms with Crippen molar-refractivity contribution in [3.8, 4) is 16.9 Å². The fourth-order valence-electron chi connectivity index (χ4n) is 6.73. The van der Waals surface area contributed by atoms with E-state index in [-0.39, 0.29) is 35.2 Å². The summed E-state index contributed by atoms with van der Waals surface area (Å²) in [6, 6.07) is 24.1. The van der Waals surface area contributed by atoms with E-state index in [4.69, 9.17) is 9.47 Å². The molecule has 0 spiro atoms. The largest absolute Gasteiger partial charge is 0.462 e. The summed E-state index contributed by atoms with van der Waals surface area (Å²) in [5.74, 6) is 0.0946. The van der Waals surface area contributed by atoms with Crippen molar-refractivity contribution in [2.45, 2.75) is 64.9 Å². The Bertz CT molecular complexity index is 1720. The highest BCUT2D eigenvalue weighted by molar-refractivity contribution is 5.99. The number of esters is 1. The molecule has 1 aliphatic carbocycles. The third-order valence-electron chi connectivity index (χ3n) is 9.15. The molecule has 1 aliphatic heterocycles. The number of halogens is 1. The summed E-state index contributed by atoms with van der Waals surface area (Å²) in [5, 5.41) is 2.20. The van der Waals surface area contributed by atoms with Gasteiger partial charge in [0.25, 0.3) is 0 Å². The van der Waals surface area contributed by atoms with Crippen molar-refractivity contribution in [1.82, 2.24) is 0 Å². The Morgan fingerprint density at radius 1 is 1.05 bits per heavy atom. The maximum absolute atomic E-state index is 13.5. The first-order valence-corrected chi connectivity index (χ1v) is 15.1. The van der Waals surface area contributed by atoms with Gasteiger partial charge in [0.05, 0.1) is 5.92 Å². The lowest BCUT2D eigenvalue weighted by molar-refractivity contribution is -0.150. The van der Waals surface area contributed by atoms with Crippen LogP contribution in [0.25, 0.3) is 21.9 Å². The van der Waals surface area contributed by atoms with Crippen molar-refractivity contribution < 1.29 is 23.5 Å². The van der Waals surface area contributed by atoms with Gasteiger partial charge in [-0.1, -0.05) is 68.4 Å². The topological polar surface area (TPSA) is 55.8 Å². The molecule has 4 aromatic carbocycles. The molecular formula is C37H38FNO4. The normalized spacial score (nSPS) is 19.6. The molecule has 3 atom stereocenters. The Kier molecular flexibility index (Phi) is 7.49. The monoisotopic (exact) mass is 579 g/mol. The number of rotatable bonds is 8. The number of aryl methyl sites for hydroxylation is 1. The van der Waals surface area contributed by atoms with Gasteiger partial charge < -0.3 is 14.4 Å². The molecule has 0 unspecified atom stereocenters. The molecule has 0 N–H and O–H groups in total. The molecule has 0 saturated heterocycles. The summed E-state index contributed by atoms with van der Waals surface area (Å²) in [5.41, 5.74) is 6.37. The van der Waals surface area contributed by atoms with Gasteiger partial charge in [-0.05, 0) is 89.9 Å². The van der Waals surface area contributed by atoms with Crippen LogP contribution in [0, 0.1) is 12.8 Å². The van der Waals surface area contributed by atoms with Crippen molar-refractivity contribution >= 4 is 28.3 Å². The SMILES string of the molecule is CCN1C(=O)CC(C)(C)c2cc(C)c(-c3cc([C@@H]4C[C@H]4C(=O)O[C@H](C)c4cccc5ccccc45)ccc3OCF)cc21. The minimum atomic E-state index is -0.951. The lowest BCUT2D eigenvalue weighted by Crippen LogP contribution is -2.41. The highest BCUT2D eigenvalue weighted by Gasteiger charge is 2.46. The van der Waals surface area contributed by atoms with E-state index in [2.05, 4.69) is 38.1 Å². The zero-order valence-electron chi connectivity index (χ0n) is 25.4. The number of hydrogen-bond donors (Lipinski definition) is 0. The number of hydrogen-bond acceptors (Lipinski definition) is 4. The zero-order valence-corrected chi connectivity index (χ0v) is 25.4. The smallest absolute Gasteiger partial charge is 0.310 e. The summed E-state index contributed by atoms with van der Waals surface area (Å²) < 4.78 is 24.9. The summed E-state index contributed by atoms with van der Waals surface area (Å²) >= 11 is 0. The Hall–Kier alpha value is -4.19. The van der Waals surface area contributed by atoms with Gasteiger partial charge in [-0.2, -0.15) is 0 Å². The van der Waals surface area contributed by atoms with Crippen molar-refractivity contribution in [2.24, 2.45) is 5.92 Å². The molecule has 6 rings (SSSR count). The fourth-order valence-corrected chi connectivity index (χ4v) is 6.73. The van der Waals surface area contributed by atoms with Crippen LogP contribution in [0.15, 0.2) is 72.8 Å². The lowest BCUT2D eigenvalue weighted by Gasteiger charge is -2.39. The van der Waals surface area contributed by atoms with E-state index >= 15 is 0 Å². The first-order chi connectivity index (χ1) is 20.6. The molecule has 6 heteroatoms. The number of carbonyl (C=O) groups excluding carboxylic acids is 2. The minimum Gasteiger partial charge on any atom is -0.462 e. The second-order valence-corrected chi connectivity index (χ2v) is 12.5. The summed E-state index contributed by atoms with van der Waals surface area (Å²) in [6.45, 7) is 9.75. The van der Waals surface area contributed by atoms with Crippen LogP contribution in [-0.4, -0.2) is 25.3 Å². The number of anilines is 1. The van der Waals surface area contributed by atoms with Crippen LogP contribution in [-0.2, 0) is 19.7 Å². The summed E-state index contributed by atoms with van der Waals surface area (Å²) in [6.07, 6.45) is 0.776. The molecule has 222 valence electrons. The fraction of sp³-hybridized carbons (Fsp3) is 0.351. The molecule has 1 amide bonds. The highest BCUT2D eigenvalue weighted by atomic mass is 19.1. The minimum absolute atomic E-state index is 0.0102. The highest BCUT2D eigenvalue weighted by Crippen LogP contribution is 2.51. The van der Waals surface area contributed by atoms with Crippen molar-refractivity contribution in [3.05, 3.63) is 95.1 Å². The average Bonchev–Trinajstić information content (AvgIpc) is 3.79. The second-order valence-electron chi connectivity index (χ2n) is 12.5. The van der Waals surface area contributed by atoms with Crippen molar-refractivity contribution in [2.75, 3.05) is 18.3 Å². The van der Waals surface area contributed by atoms with Gasteiger partial charge in [0, 0.05) is 29.6 Å². The van der Waals surface area contributed by atoms with Crippen LogP contribution in [0.5, 0.6) is 5.75 Å². The molecule has 0 radical (unpaired) electrons. The van der Waals surface area contributed by atoms with Gasteiger partial charge in [0.2, 0.25) is 12.8 Å². The third-order valence-corrected chi connectivity index (χ3v) is 9.15. The van der Waals surface area contributed by atoms with Crippen LogP contribution < -0.4 is 9.64 Å². The number of fused-ring (bicyclic) bond motifs is 2. The van der Waals surface area contributed by atoms with Gasteiger partial charge in [-0.15, -0.1) is 0 Å².